The molecule has 1 atom stereocenters. The SMILES string of the molecule is COc1ccc(CCC(=O)N(Cc2ccccc2Cl)C(Cc2ccccc2)C(=O)NC2CCCC2)cc1OC. The molecule has 3 aromatic carbocycles. The summed E-state index contributed by atoms with van der Waals surface area (Å²) < 4.78 is 10.8. The van der Waals surface area contributed by atoms with Crippen LogP contribution in [0.5, 0.6) is 11.5 Å². The smallest absolute Gasteiger partial charge is 0.243 e. The third kappa shape index (κ3) is 7.76. The van der Waals surface area contributed by atoms with E-state index in [9.17, 15) is 9.59 Å². The Labute approximate surface area is 236 Å². The van der Waals surface area contributed by atoms with Gasteiger partial charge in [-0.25, -0.2) is 0 Å². The van der Waals surface area contributed by atoms with E-state index in [2.05, 4.69) is 5.32 Å². The van der Waals surface area contributed by atoms with Gasteiger partial charge in [-0.05, 0) is 54.2 Å². The monoisotopic (exact) mass is 548 g/mol. The number of amides is 2. The Morgan fingerprint density at radius 2 is 1.62 bits per heavy atom. The molecule has 7 heteroatoms. The molecule has 1 N–H and O–H groups in total. The van der Waals surface area contributed by atoms with E-state index >= 15 is 0 Å². The van der Waals surface area contributed by atoms with Gasteiger partial charge < -0.3 is 19.7 Å². The van der Waals surface area contributed by atoms with Crippen molar-refractivity contribution in [1.29, 1.82) is 0 Å². The maximum Gasteiger partial charge on any atom is 0.243 e. The van der Waals surface area contributed by atoms with Crippen LogP contribution in [0.4, 0.5) is 0 Å². The number of methoxy groups -OCH3 is 2. The summed E-state index contributed by atoms with van der Waals surface area (Å²) in [6.45, 7) is 0.250. The number of nitrogens with zero attached hydrogens (tertiary/aromatic N) is 1. The minimum atomic E-state index is -0.665. The molecule has 1 fully saturated rings. The van der Waals surface area contributed by atoms with Crippen molar-refractivity contribution in [2.75, 3.05) is 14.2 Å². The van der Waals surface area contributed by atoms with Gasteiger partial charge >= 0.3 is 0 Å². The van der Waals surface area contributed by atoms with E-state index in [1.54, 1.807) is 19.1 Å². The normalized spacial score (nSPS) is 14.0. The second-order valence-electron chi connectivity index (χ2n) is 10.00. The largest absolute Gasteiger partial charge is 0.493 e. The van der Waals surface area contributed by atoms with Crippen LogP contribution in [0.3, 0.4) is 0 Å². The van der Waals surface area contributed by atoms with E-state index in [-0.39, 0.29) is 30.8 Å². The zero-order valence-electron chi connectivity index (χ0n) is 22.7. The Kier molecular flexibility index (Phi) is 10.3. The van der Waals surface area contributed by atoms with E-state index in [4.69, 9.17) is 21.1 Å². The molecule has 39 heavy (non-hydrogen) atoms. The first-order valence-electron chi connectivity index (χ1n) is 13.6. The number of halogens is 1. The lowest BCUT2D eigenvalue weighted by Gasteiger charge is -2.32. The van der Waals surface area contributed by atoms with Crippen molar-refractivity contribution in [2.24, 2.45) is 0 Å². The molecule has 0 spiro atoms. The summed E-state index contributed by atoms with van der Waals surface area (Å²) in [5.41, 5.74) is 2.76. The lowest BCUT2D eigenvalue weighted by atomic mass is 10.0. The molecule has 4 rings (SSSR count). The maximum atomic E-state index is 13.9. The van der Waals surface area contributed by atoms with E-state index in [0.29, 0.717) is 29.4 Å². The number of benzene rings is 3. The minimum absolute atomic E-state index is 0.104. The Hall–Kier alpha value is -3.51. The van der Waals surface area contributed by atoms with Crippen LogP contribution in [0.25, 0.3) is 0 Å². The highest BCUT2D eigenvalue weighted by Crippen LogP contribution is 2.28. The molecule has 0 radical (unpaired) electrons. The predicted octanol–water partition coefficient (Wildman–Crippen LogP) is 5.99. The fourth-order valence-corrected chi connectivity index (χ4v) is 5.36. The molecule has 0 heterocycles. The van der Waals surface area contributed by atoms with Crippen molar-refractivity contribution in [2.45, 2.75) is 63.6 Å². The lowest BCUT2D eigenvalue weighted by Crippen LogP contribution is -2.52. The summed E-state index contributed by atoms with van der Waals surface area (Å²) in [5, 5.41) is 3.81. The van der Waals surface area contributed by atoms with Crippen molar-refractivity contribution in [3.63, 3.8) is 0 Å². The van der Waals surface area contributed by atoms with Crippen LogP contribution in [0, 0.1) is 0 Å². The van der Waals surface area contributed by atoms with Gasteiger partial charge in [0.15, 0.2) is 11.5 Å². The molecule has 0 aliphatic heterocycles. The first-order valence-corrected chi connectivity index (χ1v) is 13.9. The van der Waals surface area contributed by atoms with Gasteiger partial charge in [-0.2, -0.15) is 0 Å². The van der Waals surface area contributed by atoms with E-state index in [1.807, 2.05) is 72.8 Å². The second kappa shape index (κ2) is 14.0. The highest BCUT2D eigenvalue weighted by molar-refractivity contribution is 6.31. The van der Waals surface area contributed by atoms with Crippen molar-refractivity contribution in [1.82, 2.24) is 10.2 Å². The summed E-state index contributed by atoms with van der Waals surface area (Å²) in [6, 6.07) is 22.5. The molecule has 2 amide bonds. The average Bonchev–Trinajstić information content (AvgIpc) is 3.47. The van der Waals surface area contributed by atoms with E-state index in [0.717, 1.165) is 42.4 Å². The van der Waals surface area contributed by atoms with Gasteiger partial charge in [0.1, 0.15) is 6.04 Å². The predicted molar refractivity (Wildman–Crippen MR) is 154 cm³/mol. The van der Waals surface area contributed by atoms with Gasteiger partial charge in [0.05, 0.1) is 14.2 Å². The third-order valence-electron chi connectivity index (χ3n) is 7.35. The van der Waals surface area contributed by atoms with Gasteiger partial charge in [0, 0.05) is 30.5 Å². The van der Waals surface area contributed by atoms with Gasteiger partial charge in [-0.1, -0.05) is 79.0 Å². The zero-order valence-corrected chi connectivity index (χ0v) is 23.5. The summed E-state index contributed by atoms with van der Waals surface area (Å²) in [7, 11) is 3.19. The molecule has 1 unspecified atom stereocenters. The lowest BCUT2D eigenvalue weighted by molar-refractivity contribution is -0.141. The van der Waals surface area contributed by atoms with Crippen LogP contribution in [-0.2, 0) is 29.0 Å². The number of aryl methyl sites for hydroxylation is 1. The van der Waals surface area contributed by atoms with Gasteiger partial charge in [0.2, 0.25) is 11.8 Å². The summed E-state index contributed by atoms with van der Waals surface area (Å²) in [4.78, 5) is 29.4. The van der Waals surface area contributed by atoms with Crippen LogP contribution >= 0.6 is 11.6 Å². The Balaban J connectivity index is 1.61. The molecule has 1 aliphatic rings. The first-order chi connectivity index (χ1) is 19.0. The van der Waals surface area contributed by atoms with E-state index < -0.39 is 6.04 Å². The number of nitrogens with one attached hydrogen (secondary N) is 1. The highest BCUT2D eigenvalue weighted by Gasteiger charge is 2.32. The minimum Gasteiger partial charge on any atom is -0.493 e. The Bertz CT molecular complexity index is 1240. The number of hydrogen-bond donors (Lipinski definition) is 1. The fourth-order valence-electron chi connectivity index (χ4n) is 5.16. The van der Waals surface area contributed by atoms with Crippen LogP contribution in [-0.4, -0.2) is 43.0 Å². The molecular formula is C32H37ClN2O4. The molecule has 6 nitrogen and oxygen atoms in total. The van der Waals surface area contributed by atoms with Crippen LogP contribution < -0.4 is 14.8 Å². The van der Waals surface area contributed by atoms with Crippen molar-refractivity contribution in [3.8, 4) is 11.5 Å². The molecule has 0 aromatic heterocycles. The molecular weight excluding hydrogens is 512 g/mol. The number of rotatable bonds is 12. The summed E-state index contributed by atoms with van der Waals surface area (Å²) in [6.07, 6.45) is 5.33. The number of ether oxygens (including phenoxy) is 2. The van der Waals surface area contributed by atoms with Crippen molar-refractivity contribution < 1.29 is 19.1 Å². The highest BCUT2D eigenvalue weighted by atomic mass is 35.5. The quantitative estimate of drug-likeness (QED) is 0.302. The molecule has 3 aromatic rings. The van der Waals surface area contributed by atoms with Gasteiger partial charge in [-0.15, -0.1) is 0 Å². The first kappa shape index (κ1) is 28.5. The molecule has 206 valence electrons. The van der Waals surface area contributed by atoms with Crippen molar-refractivity contribution >= 4 is 23.4 Å². The molecule has 1 saturated carbocycles. The standard InChI is InChI=1S/C32H37ClN2O4/c1-38-29-18-16-24(21-30(29)39-2)17-19-31(36)35(22-25-12-6-9-15-27(25)33)28(20-23-10-4-3-5-11-23)32(37)34-26-13-7-8-14-26/h3-6,9-12,15-16,18,21,26,28H,7-8,13-14,17,19-20,22H2,1-2H3,(H,34,37). The average molecular weight is 549 g/mol. The zero-order chi connectivity index (χ0) is 27.6. The molecule has 0 saturated heterocycles. The number of carbonyl (C=O) groups is 2. The maximum absolute atomic E-state index is 13.9. The van der Waals surface area contributed by atoms with Gasteiger partial charge in [0.25, 0.3) is 0 Å². The fraction of sp³-hybridized carbons (Fsp3) is 0.375. The summed E-state index contributed by atoms with van der Waals surface area (Å²) >= 11 is 6.53. The Morgan fingerprint density at radius 1 is 0.923 bits per heavy atom. The van der Waals surface area contributed by atoms with Crippen LogP contribution in [0.15, 0.2) is 72.8 Å². The van der Waals surface area contributed by atoms with E-state index in [1.165, 1.54) is 0 Å². The van der Waals surface area contributed by atoms with Gasteiger partial charge in [-0.3, -0.25) is 9.59 Å². The Morgan fingerprint density at radius 3 is 2.31 bits per heavy atom. The number of hydrogen-bond acceptors (Lipinski definition) is 4. The topological polar surface area (TPSA) is 67.9 Å². The van der Waals surface area contributed by atoms with Crippen molar-refractivity contribution in [3.05, 3.63) is 94.5 Å². The number of carbonyl (C=O) groups excluding carboxylic acids is 2. The third-order valence-corrected chi connectivity index (χ3v) is 7.72. The second-order valence-corrected chi connectivity index (χ2v) is 10.4. The van der Waals surface area contributed by atoms with Crippen LogP contribution in [0.2, 0.25) is 5.02 Å². The molecule has 0 bridgehead atoms. The van der Waals surface area contributed by atoms with Crippen LogP contribution in [0.1, 0.15) is 48.8 Å². The summed E-state index contributed by atoms with van der Waals surface area (Å²) in [5.74, 6) is 1.04. The molecule has 1 aliphatic carbocycles.